The second-order valence-corrected chi connectivity index (χ2v) is 19.3. The Morgan fingerprint density at radius 2 is 1.46 bits per heavy atom. The number of piperazine rings is 1. The Morgan fingerprint density at radius 3 is 1.92 bits per heavy atom. The van der Waals surface area contributed by atoms with Gasteiger partial charge in [0.15, 0.2) is 0 Å². The zero-order valence-electron chi connectivity index (χ0n) is 33.2. The fourth-order valence-corrected chi connectivity index (χ4v) is 9.98. The van der Waals surface area contributed by atoms with Gasteiger partial charge in [0.25, 0.3) is 0 Å². The molecule has 1 amide bonds. The van der Waals surface area contributed by atoms with E-state index in [9.17, 15) is 14.9 Å². The molecule has 240 valence electrons. The summed E-state index contributed by atoms with van der Waals surface area (Å²) in [6.45, 7) is 4.65. The Hall–Kier alpha value is -1.75. The van der Waals surface area contributed by atoms with Crippen LogP contribution < -0.4 is 4.90 Å². The molecule has 0 spiro atoms. The minimum absolute atomic E-state index is 0.0118. The lowest BCUT2D eigenvalue weighted by Gasteiger charge is -2.81. The number of hydrogen-bond donors (Lipinski definition) is 0. The maximum absolute atomic E-state index is 14.9. The highest BCUT2D eigenvalue weighted by atomic mass is 16.5. The van der Waals surface area contributed by atoms with Gasteiger partial charge in [0, 0.05) is 29.8 Å². The summed E-state index contributed by atoms with van der Waals surface area (Å²) in [4.78, 5) is 37.4. The van der Waals surface area contributed by atoms with Crippen molar-refractivity contribution >= 4 is 128 Å². The number of aromatic nitrogens is 1. The van der Waals surface area contributed by atoms with Gasteiger partial charge in [-0.15, -0.1) is 10.2 Å². The Labute approximate surface area is 302 Å². The molecule has 4 rings (SSSR count). The molecular weight excluding hydrogens is 584 g/mol. The van der Waals surface area contributed by atoms with Crippen molar-refractivity contribution in [1.82, 2.24) is 9.88 Å². The van der Waals surface area contributed by atoms with Crippen molar-refractivity contribution in [2.45, 2.75) is 101 Å². The third kappa shape index (κ3) is 5.54. The van der Waals surface area contributed by atoms with E-state index in [4.69, 9.17) is 14.5 Å². The maximum Gasteiger partial charge on any atom is 0.306 e. The van der Waals surface area contributed by atoms with Gasteiger partial charge in [-0.25, -0.2) is 4.98 Å². The zero-order chi connectivity index (χ0) is 36.8. The summed E-state index contributed by atoms with van der Waals surface area (Å²) in [5, 5.41) is 7.71. The summed E-state index contributed by atoms with van der Waals surface area (Å²) in [6, 6.07) is 2.66. The molecule has 8 nitrogen and oxygen atoms in total. The van der Waals surface area contributed by atoms with E-state index in [1.165, 1.54) is 7.11 Å². The van der Waals surface area contributed by atoms with Crippen LogP contribution in [0.15, 0.2) is 0 Å². The highest BCUT2D eigenvalue weighted by Gasteiger charge is 2.73. The van der Waals surface area contributed by atoms with Gasteiger partial charge in [-0.05, 0) is 48.3 Å². The van der Waals surface area contributed by atoms with E-state index in [0.717, 1.165) is 29.7 Å². The monoisotopic (exact) mass is 637 g/mol. The molecular formula is C26H50B14N4O4. The minimum atomic E-state index is -0.852. The first-order valence-corrected chi connectivity index (χ1v) is 17.9. The Morgan fingerprint density at radius 1 is 0.917 bits per heavy atom. The zero-order valence-corrected chi connectivity index (χ0v) is 33.2. The predicted octanol–water partition coefficient (Wildman–Crippen LogP) is -10.9. The number of anilines is 1. The van der Waals surface area contributed by atoms with Crippen LogP contribution in [0.5, 0.6) is 0 Å². The van der Waals surface area contributed by atoms with Gasteiger partial charge in [-0.1, -0.05) is 5.31 Å². The number of nitrogens with zero attached hydrogens (tertiary/aromatic N) is 4. The molecule has 1 aromatic rings. The molecule has 0 unspecified atom stereocenters. The molecule has 1 atom stereocenters. The SMILES string of the molecule is BC(B)(B)C(B)(C(B)(B)B)[C@@]1(B)N(C(=O)CCC(=O)OC)C(B)(B)C(B)(B)N(c2nc(C3CC3)c3c(c2C#N)CC(C)(C)OC3)C1(B)B. The van der Waals surface area contributed by atoms with E-state index in [1.54, 1.807) is 0 Å². The van der Waals surface area contributed by atoms with Crippen molar-refractivity contribution in [2.75, 3.05) is 12.0 Å². The van der Waals surface area contributed by atoms with Gasteiger partial charge in [-0.3, -0.25) is 9.59 Å². The molecule has 3 aliphatic rings. The molecule has 1 saturated heterocycles. The molecule has 2 fully saturated rings. The highest BCUT2D eigenvalue weighted by molar-refractivity contribution is 6.71. The number of rotatable bonds is 8. The van der Waals surface area contributed by atoms with E-state index < -0.39 is 38.3 Å². The third-order valence-corrected chi connectivity index (χ3v) is 13.7. The van der Waals surface area contributed by atoms with Gasteiger partial charge < -0.3 is 19.3 Å². The second-order valence-electron chi connectivity index (χ2n) is 19.3. The van der Waals surface area contributed by atoms with E-state index in [2.05, 4.69) is 140 Å². The third-order valence-electron chi connectivity index (χ3n) is 13.7. The molecule has 3 heterocycles. The summed E-state index contributed by atoms with van der Waals surface area (Å²) >= 11 is 0. The number of fused-ring (bicyclic) bond motifs is 1. The molecule has 1 aliphatic carbocycles. The van der Waals surface area contributed by atoms with Crippen molar-refractivity contribution < 1.29 is 19.1 Å². The van der Waals surface area contributed by atoms with Crippen LogP contribution in [0, 0.1) is 11.3 Å². The molecule has 0 N–H and O–H groups in total. The fraction of sp³-hybridized carbons (Fsp3) is 0.692. The van der Waals surface area contributed by atoms with Crippen molar-refractivity contribution in [3.63, 3.8) is 0 Å². The molecule has 1 aromatic heterocycles. The Bertz CT molecular complexity index is 1540. The van der Waals surface area contributed by atoms with E-state index in [0.29, 0.717) is 30.3 Å². The highest BCUT2D eigenvalue weighted by Crippen LogP contribution is 2.68. The van der Waals surface area contributed by atoms with E-state index >= 15 is 0 Å². The lowest BCUT2D eigenvalue weighted by molar-refractivity contribution is -0.147. The standard InChI is InChI=1S/C26H50B14N4O4/c1-19(2)8-12-13(9-41)18(42-17(11-4-5-11)14(12)10-48-19)44-24(35,36)21(28,20(27,22(29,30)31)23(32,33)34)43(25(37,38)26(44,39)40)15(45)6-7-16(46)47-3/h11H,4-8,10,27-40H2,1-3H3/t21-/m1/s1. The first kappa shape index (κ1) is 39.0. The molecule has 22 heteroatoms. The number of carbonyl (C=O) groups excluding carboxylic acids is 2. The Balaban J connectivity index is 2.17. The number of esters is 1. The van der Waals surface area contributed by atoms with Crippen LogP contribution in [-0.4, -0.2) is 166 Å². The lowest BCUT2D eigenvalue weighted by Crippen LogP contribution is -2.95. The number of pyridine rings is 1. The molecule has 48 heavy (non-hydrogen) atoms. The average molecular weight is 634 g/mol. The normalized spacial score (nSPS) is 24.5. The number of hydrogen-bond acceptors (Lipinski definition) is 7. The van der Waals surface area contributed by atoms with Crippen molar-refractivity contribution in [3.05, 3.63) is 22.4 Å². The van der Waals surface area contributed by atoms with Crippen molar-refractivity contribution in [1.29, 1.82) is 5.26 Å². The topological polar surface area (TPSA) is 95.8 Å². The summed E-state index contributed by atoms with van der Waals surface area (Å²) in [5.74, 6) is 0.587. The summed E-state index contributed by atoms with van der Waals surface area (Å²) in [7, 11) is 32.8. The summed E-state index contributed by atoms with van der Waals surface area (Å²) in [5.41, 5.74) is 2.56. The van der Waals surface area contributed by atoms with Gasteiger partial charge in [0.2, 0.25) is 5.91 Å². The van der Waals surface area contributed by atoms with Gasteiger partial charge >= 0.3 is 5.97 Å². The van der Waals surface area contributed by atoms with Crippen LogP contribution in [0.1, 0.15) is 67.8 Å². The summed E-state index contributed by atoms with van der Waals surface area (Å²) in [6.07, 6.45) is 2.86. The summed E-state index contributed by atoms with van der Waals surface area (Å²) < 4.78 is 11.3. The van der Waals surface area contributed by atoms with Crippen LogP contribution in [0.4, 0.5) is 5.82 Å². The number of ether oxygens (including phenoxy) is 2. The van der Waals surface area contributed by atoms with Crippen LogP contribution in [0.3, 0.4) is 0 Å². The maximum atomic E-state index is 14.9. The van der Waals surface area contributed by atoms with E-state index in [-0.39, 0.29) is 29.0 Å². The first-order chi connectivity index (χ1) is 21.6. The predicted molar refractivity (Wildman–Crippen MR) is 233 cm³/mol. The molecule has 2 aliphatic heterocycles. The van der Waals surface area contributed by atoms with Gasteiger partial charge in [-0.2, -0.15) is 5.26 Å². The lowest BCUT2D eigenvalue weighted by atomic mass is 9.07. The molecule has 0 aromatic carbocycles. The number of nitriles is 1. The van der Waals surface area contributed by atoms with Crippen LogP contribution in [-0.2, 0) is 32.1 Å². The van der Waals surface area contributed by atoms with Crippen molar-refractivity contribution in [2.24, 2.45) is 0 Å². The fourth-order valence-electron chi connectivity index (χ4n) is 9.98. The van der Waals surface area contributed by atoms with Crippen LogP contribution in [0.25, 0.3) is 0 Å². The van der Waals surface area contributed by atoms with Crippen LogP contribution >= 0.6 is 0 Å². The van der Waals surface area contributed by atoms with Crippen LogP contribution in [0.2, 0.25) is 15.5 Å². The minimum Gasteiger partial charge on any atom is -0.469 e. The van der Waals surface area contributed by atoms with E-state index in [1.807, 2.05) is 0 Å². The molecule has 0 bridgehead atoms. The average Bonchev–Trinajstić information content (AvgIpc) is 3.77. The number of methoxy groups -OCH3 is 1. The smallest absolute Gasteiger partial charge is 0.306 e. The van der Waals surface area contributed by atoms with Crippen molar-refractivity contribution in [3.8, 4) is 6.07 Å². The second kappa shape index (κ2) is 11.9. The first-order valence-electron chi connectivity index (χ1n) is 17.9. The Kier molecular flexibility index (Phi) is 9.69. The molecule has 0 radical (unpaired) electrons. The number of amides is 1. The number of carbonyl (C=O) groups is 2. The van der Waals surface area contributed by atoms with Gasteiger partial charge in [0.05, 0.1) is 84.1 Å². The molecule has 1 saturated carbocycles. The quantitative estimate of drug-likeness (QED) is 0.207. The van der Waals surface area contributed by atoms with Gasteiger partial charge in [0.1, 0.15) is 74.7 Å². The largest absolute Gasteiger partial charge is 0.469 e.